The van der Waals surface area contributed by atoms with E-state index >= 15 is 0 Å². The molecule has 1 aromatic rings. The maximum Gasteiger partial charge on any atom is 0.412 e. The number of ether oxygens (including phenoxy) is 1. The number of aromatic hydroxyl groups is 1. The summed E-state index contributed by atoms with van der Waals surface area (Å²) < 4.78 is 5.32. The molecule has 2 aliphatic rings. The van der Waals surface area contributed by atoms with Crippen molar-refractivity contribution in [1.82, 2.24) is 0 Å². The minimum atomic E-state index is -0.552. The number of benzene rings is 1. The fourth-order valence-corrected chi connectivity index (χ4v) is 3.22. The van der Waals surface area contributed by atoms with Gasteiger partial charge in [0, 0.05) is 16.6 Å². The van der Waals surface area contributed by atoms with Crippen LogP contribution >= 0.6 is 0 Å². The van der Waals surface area contributed by atoms with E-state index < -0.39 is 11.7 Å². The largest absolute Gasteiger partial charge is 0.508 e. The molecule has 0 bridgehead atoms. The standard InChI is InChI=1S/C17H24N2O3/c1-15(2,3)22-14(21)19-13-5-4-11(20)10-12(13)16(6-7-16)17(18)8-9-17/h4-5,10,20H,6-9,18H2,1-3H3,(H,19,21). The van der Waals surface area contributed by atoms with Gasteiger partial charge in [0.2, 0.25) is 0 Å². The zero-order chi connectivity index (χ0) is 16.2. The number of phenolic OH excluding ortho intramolecular Hbond substituents is 1. The molecule has 0 heterocycles. The average Bonchev–Trinajstić information content (AvgIpc) is 3.25. The van der Waals surface area contributed by atoms with Gasteiger partial charge in [-0.1, -0.05) is 0 Å². The first kappa shape index (κ1) is 15.2. The minimum absolute atomic E-state index is 0.115. The third kappa shape index (κ3) is 2.65. The molecule has 0 aliphatic heterocycles. The van der Waals surface area contributed by atoms with Crippen LogP contribution in [0.25, 0.3) is 0 Å². The monoisotopic (exact) mass is 304 g/mol. The van der Waals surface area contributed by atoms with E-state index in [1.165, 1.54) is 0 Å². The van der Waals surface area contributed by atoms with Gasteiger partial charge >= 0.3 is 6.09 Å². The number of nitrogens with two attached hydrogens (primary N) is 1. The van der Waals surface area contributed by atoms with Crippen molar-refractivity contribution in [3.8, 4) is 5.75 Å². The molecule has 0 saturated heterocycles. The fourth-order valence-electron chi connectivity index (χ4n) is 3.22. The molecule has 22 heavy (non-hydrogen) atoms. The van der Waals surface area contributed by atoms with Crippen LogP contribution in [0.3, 0.4) is 0 Å². The summed E-state index contributed by atoms with van der Waals surface area (Å²) in [7, 11) is 0. The molecule has 2 saturated carbocycles. The predicted octanol–water partition coefficient (Wildman–Crippen LogP) is 3.26. The molecule has 0 unspecified atom stereocenters. The van der Waals surface area contributed by atoms with Crippen LogP contribution in [-0.2, 0) is 10.2 Å². The molecule has 4 N–H and O–H groups in total. The number of rotatable bonds is 3. The lowest BCUT2D eigenvalue weighted by Gasteiger charge is -2.27. The van der Waals surface area contributed by atoms with Crippen LogP contribution in [0.1, 0.15) is 52.0 Å². The van der Waals surface area contributed by atoms with Gasteiger partial charge in [-0.05, 0) is 70.2 Å². The topological polar surface area (TPSA) is 84.6 Å². The minimum Gasteiger partial charge on any atom is -0.508 e. The van der Waals surface area contributed by atoms with Crippen LogP contribution in [-0.4, -0.2) is 22.3 Å². The zero-order valence-corrected chi connectivity index (χ0v) is 13.4. The van der Waals surface area contributed by atoms with Crippen LogP contribution < -0.4 is 11.1 Å². The number of carbonyl (C=O) groups is 1. The second-order valence-corrected chi connectivity index (χ2v) is 7.60. The summed E-state index contributed by atoms with van der Waals surface area (Å²) in [5.74, 6) is 0.195. The predicted molar refractivity (Wildman–Crippen MR) is 85.0 cm³/mol. The number of phenols is 1. The van der Waals surface area contributed by atoms with Crippen LogP contribution in [0.5, 0.6) is 5.75 Å². The van der Waals surface area contributed by atoms with Gasteiger partial charge in [-0.25, -0.2) is 4.79 Å². The Morgan fingerprint density at radius 3 is 2.41 bits per heavy atom. The fraction of sp³-hybridized carbons (Fsp3) is 0.588. The van der Waals surface area contributed by atoms with Gasteiger partial charge in [0.15, 0.2) is 0 Å². The first-order chi connectivity index (χ1) is 10.2. The summed E-state index contributed by atoms with van der Waals surface area (Å²) in [6, 6.07) is 5.02. The Bertz CT molecular complexity index is 611. The van der Waals surface area contributed by atoms with E-state index in [4.69, 9.17) is 10.5 Å². The Labute approximate surface area is 130 Å². The van der Waals surface area contributed by atoms with Crippen molar-refractivity contribution < 1.29 is 14.6 Å². The smallest absolute Gasteiger partial charge is 0.412 e. The summed E-state index contributed by atoms with van der Waals surface area (Å²) in [4.78, 5) is 12.1. The number of hydrogen-bond donors (Lipinski definition) is 3. The van der Waals surface area contributed by atoms with Gasteiger partial charge in [-0.15, -0.1) is 0 Å². The molecule has 0 spiro atoms. The maximum absolute atomic E-state index is 12.1. The van der Waals surface area contributed by atoms with Crippen molar-refractivity contribution in [1.29, 1.82) is 0 Å². The van der Waals surface area contributed by atoms with Crippen molar-refractivity contribution in [2.45, 2.75) is 63.0 Å². The van der Waals surface area contributed by atoms with E-state index in [0.717, 1.165) is 31.2 Å². The van der Waals surface area contributed by atoms with Gasteiger partial charge in [-0.2, -0.15) is 0 Å². The van der Waals surface area contributed by atoms with E-state index in [1.54, 1.807) is 18.2 Å². The quantitative estimate of drug-likeness (QED) is 0.748. The van der Waals surface area contributed by atoms with Crippen LogP contribution in [0.2, 0.25) is 0 Å². The lowest BCUT2D eigenvalue weighted by molar-refractivity contribution is 0.0635. The van der Waals surface area contributed by atoms with Crippen molar-refractivity contribution in [3.63, 3.8) is 0 Å². The third-order valence-electron chi connectivity index (χ3n) is 4.65. The van der Waals surface area contributed by atoms with Crippen molar-refractivity contribution >= 4 is 11.8 Å². The molecule has 2 aliphatic carbocycles. The van der Waals surface area contributed by atoms with Crippen molar-refractivity contribution in [3.05, 3.63) is 23.8 Å². The summed E-state index contributed by atoms with van der Waals surface area (Å²) in [5, 5.41) is 12.7. The van der Waals surface area contributed by atoms with E-state index in [1.807, 2.05) is 20.8 Å². The highest BCUT2D eigenvalue weighted by atomic mass is 16.6. The van der Waals surface area contributed by atoms with Crippen molar-refractivity contribution in [2.75, 3.05) is 5.32 Å². The molecule has 1 aromatic carbocycles. The first-order valence-electron chi connectivity index (χ1n) is 7.78. The SMILES string of the molecule is CC(C)(C)OC(=O)Nc1ccc(O)cc1C1(C2(N)CC2)CC1. The highest BCUT2D eigenvalue weighted by molar-refractivity contribution is 5.87. The molecule has 1 amide bonds. The van der Waals surface area contributed by atoms with E-state index in [0.29, 0.717) is 5.69 Å². The molecule has 5 heteroatoms. The Balaban J connectivity index is 1.88. The van der Waals surface area contributed by atoms with Crippen LogP contribution in [0.4, 0.5) is 10.5 Å². The Kier molecular flexibility index (Phi) is 3.18. The van der Waals surface area contributed by atoms with E-state index in [2.05, 4.69) is 5.32 Å². The molecular weight excluding hydrogens is 280 g/mol. The van der Waals surface area contributed by atoms with Gasteiger partial charge in [-0.3, -0.25) is 5.32 Å². The lowest BCUT2D eigenvalue weighted by atomic mass is 9.85. The lowest BCUT2D eigenvalue weighted by Crippen LogP contribution is -2.38. The zero-order valence-electron chi connectivity index (χ0n) is 13.4. The molecule has 0 radical (unpaired) electrons. The normalized spacial score (nSPS) is 21.1. The average molecular weight is 304 g/mol. The first-order valence-corrected chi connectivity index (χ1v) is 7.78. The summed E-state index contributed by atoms with van der Waals surface area (Å²) in [5.41, 5.74) is 7.20. The summed E-state index contributed by atoms with van der Waals surface area (Å²) in [6.45, 7) is 5.48. The molecule has 3 rings (SSSR count). The summed E-state index contributed by atoms with van der Waals surface area (Å²) >= 11 is 0. The molecule has 120 valence electrons. The van der Waals surface area contributed by atoms with Gasteiger partial charge in [0.25, 0.3) is 0 Å². The van der Waals surface area contributed by atoms with E-state index in [-0.39, 0.29) is 16.7 Å². The van der Waals surface area contributed by atoms with Crippen molar-refractivity contribution in [2.24, 2.45) is 5.73 Å². The highest BCUT2D eigenvalue weighted by Gasteiger charge is 2.64. The van der Waals surface area contributed by atoms with E-state index in [9.17, 15) is 9.90 Å². The second-order valence-electron chi connectivity index (χ2n) is 7.60. The highest BCUT2D eigenvalue weighted by Crippen LogP contribution is 2.65. The third-order valence-corrected chi connectivity index (χ3v) is 4.65. The second kappa shape index (κ2) is 4.62. The Hall–Kier alpha value is -1.75. The maximum atomic E-state index is 12.1. The van der Waals surface area contributed by atoms with Crippen LogP contribution in [0, 0.1) is 0 Å². The van der Waals surface area contributed by atoms with Gasteiger partial charge in [0.1, 0.15) is 11.4 Å². The number of anilines is 1. The molecule has 2 fully saturated rings. The molecule has 5 nitrogen and oxygen atoms in total. The number of amides is 1. The Morgan fingerprint density at radius 2 is 1.91 bits per heavy atom. The van der Waals surface area contributed by atoms with Crippen LogP contribution in [0.15, 0.2) is 18.2 Å². The van der Waals surface area contributed by atoms with Gasteiger partial charge in [0.05, 0.1) is 0 Å². The number of hydrogen-bond acceptors (Lipinski definition) is 4. The molecule has 0 atom stereocenters. The Morgan fingerprint density at radius 1 is 1.27 bits per heavy atom. The number of nitrogens with one attached hydrogen (secondary N) is 1. The van der Waals surface area contributed by atoms with Gasteiger partial charge < -0.3 is 15.6 Å². The molecule has 0 aromatic heterocycles. The summed E-state index contributed by atoms with van der Waals surface area (Å²) in [6.07, 6.45) is 3.49. The molecular formula is C17H24N2O3. The number of carbonyl (C=O) groups excluding carboxylic acids is 1.